The van der Waals surface area contributed by atoms with E-state index in [0.717, 1.165) is 12.8 Å². The summed E-state index contributed by atoms with van der Waals surface area (Å²) >= 11 is 0. The van der Waals surface area contributed by atoms with E-state index >= 15 is 0 Å². The third-order valence-corrected chi connectivity index (χ3v) is 4.75. The molecule has 0 saturated carbocycles. The van der Waals surface area contributed by atoms with E-state index in [4.69, 9.17) is 9.15 Å². The molecule has 0 radical (unpaired) electrons. The molecule has 2 amide bonds. The van der Waals surface area contributed by atoms with Crippen LogP contribution in [0.3, 0.4) is 0 Å². The largest absolute Gasteiger partial charge is 0.497 e. The van der Waals surface area contributed by atoms with Gasteiger partial charge in [-0.1, -0.05) is 18.2 Å². The lowest BCUT2D eigenvalue weighted by Crippen LogP contribution is -2.28. The van der Waals surface area contributed by atoms with Crippen LogP contribution in [0, 0.1) is 0 Å². The van der Waals surface area contributed by atoms with E-state index in [2.05, 4.69) is 5.32 Å². The summed E-state index contributed by atoms with van der Waals surface area (Å²) in [4.78, 5) is 27.5. The number of carbonyl (C=O) groups excluding carboxylic acids is 2. The topological polar surface area (TPSA) is 71.8 Å². The summed E-state index contributed by atoms with van der Waals surface area (Å²) in [6.45, 7) is 1.41. The van der Waals surface area contributed by atoms with Gasteiger partial charge in [0.2, 0.25) is 5.76 Å². The van der Waals surface area contributed by atoms with Gasteiger partial charge in [0.15, 0.2) is 0 Å². The zero-order valence-corrected chi connectivity index (χ0v) is 15.0. The maximum atomic E-state index is 12.9. The third kappa shape index (κ3) is 3.26. The van der Waals surface area contributed by atoms with Crippen LogP contribution in [0.4, 0.5) is 5.69 Å². The smallest absolute Gasteiger partial charge is 0.291 e. The number of nitrogens with zero attached hydrogens (tertiary/aromatic N) is 1. The molecule has 6 heteroatoms. The second-order valence-corrected chi connectivity index (χ2v) is 6.49. The fourth-order valence-electron chi connectivity index (χ4n) is 3.33. The Kier molecular flexibility index (Phi) is 4.54. The first-order valence-corrected chi connectivity index (χ1v) is 8.93. The van der Waals surface area contributed by atoms with Crippen molar-refractivity contribution >= 4 is 28.5 Å². The summed E-state index contributed by atoms with van der Waals surface area (Å²) in [6.07, 6.45) is 1.97. The Hall–Kier alpha value is -3.28. The standard InChI is InChI=1S/C21H20N2O4/c1-26-15-8-6-7-14(13-15)20(24)22-18-16-9-2-3-10-17(16)27-19(18)21(25)23-11-4-5-12-23/h2-3,6-10,13H,4-5,11-12H2,1H3,(H,22,24). The molecule has 1 N–H and O–H groups in total. The molecule has 1 fully saturated rings. The first-order chi connectivity index (χ1) is 13.2. The zero-order valence-electron chi connectivity index (χ0n) is 15.0. The van der Waals surface area contributed by atoms with Crippen LogP contribution < -0.4 is 10.1 Å². The highest BCUT2D eigenvalue weighted by atomic mass is 16.5. The zero-order chi connectivity index (χ0) is 18.8. The van der Waals surface area contributed by atoms with E-state index < -0.39 is 0 Å². The van der Waals surface area contributed by atoms with Gasteiger partial charge in [-0.25, -0.2) is 0 Å². The maximum absolute atomic E-state index is 12.9. The van der Waals surface area contributed by atoms with Crippen LogP contribution in [0.15, 0.2) is 52.9 Å². The van der Waals surface area contributed by atoms with Gasteiger partial charge >= 0.3 is 0 Å². The van der Waals surface area contributed by atoms with Gasteiger partial charge in [-0.15, -0.1) is 0 Å². The number of para-hydroxylation sites is 1. The van der Waals surface area contributed by atoms with Gasteiger partial charge in [0.25, 0.3) is 11.8 Å². The Morgan fingerprint density at radius 2 is 1.85 bits per heavy atom. The average Bonchev–Trinajstić information content (AvgIpc) is 3.36. The highest BCUT2D eigenvalue weighted by molar-refractivity contribution is 6.14. The van der Waals surface area contributed by atoms with Crippen molar-refractivity contribution in [3.63, 3.8) is 0 Å². The number of rotatable bonds is 4. The van der Waals surface area contributed by atoms with Gasteiger partial charge in [-0.05, 0) is 43.2 Å². The van der Waals surface area contributed by atoms with Crippen molar-refractivity contribution in [1.29, 1.82) is 0 Å². The minimum atomic E-state index is -0.323. The Balaban J connectivity index is 1.72. The van der Waals surface area contributed by atoms with Gasteiger partial charge in [0.05, 0.1) is 7.11 Å². The van der Waals surface area contributed by atoms with Crippen molar-refractivity contribution in [1.82, 2.24) is 4.90 Å². The van der Waals surface area contributed by atoms with Crippen LogP contribution in [-0.4, -0.2) is 36.9 Å². The number of furan rings is 1. The van der Waals surface area contributed by atoms with Gasteiger partial charge in [0, 0.05) is 24.0 Å². The molecule has 3 aromatic rings. The maximum Gasteiger partial charge on any atom is 0.291 e. The average molecular weight is 364 g/mol. The molecule has 0 aliphatic carbocycles. The van der Waals surface area contributed by atoms with Crippen molar-refractivity contribution in [3.05, 3.63) is 59.9 Å². The normalized spacial score (nSPS) is 13.7. The molecule has 0 unspecified atom stereocenters. The summed E-state index contributed by atoms with van der Waals surface area (Å²) in [5.41, 5.74) is 1.43. The lowest BCUT2D eigenvalue weighted by Gasteiger charge is -2.14. The number of ether oxygens (including phenoxy) is 1. The summed E-state index contributed by atoms with van der Waals surface area (Å²) in [6, 6.07) is 14.2. The minimum Gasteiger partial charge on any atom is -0.497 e. The Morgan fingerprint density at radius 1 is 1.07 bits per heavy atom. The van der Waals surface area contributed by atoms with Crippen molar-refractivity contribution in [3.8, 4) is 5.75 Å². The highest BCUT2D eigenvalue weighted by Crippen LogP contribution is 2.33. The number of fused-ring (bicyclic) bond motifs is 1. The molecule has 6 nitrogen and oxygen atoms in total. The number of anilines is 1. The molecule has 1 saturated heterocycles. The predicted octanol–water partition coefficient (Wildman–Crippen LogP) is 3.93. The summed E-state index contributed by atoms with van der Waals surface area (Å²) in [5, 5.41) is 3.57. The summed E-state index contributed by atoms with van der Waals surface area (Å²) in [7, 11) is 1.55. The number of likely N-dealkylation sites (tertiary alicyclic amines) is 1. The Morgan fingerprint density at radius 3 is 2.63 bits per heavy atom. The molecule has 27 heavy (non-hydrogen) atoms. The minimum absolute atomic E-state index is 0.175. The molecular weight excluding hydrogens is 344 g/mol. The van der Waals surface area contributed by atoms with Crippen molar-refractivity contribution < 1.29 is 18.7 Å². The van der Waals surface area contributed by atoms with Crippen molar-refractivity contribution in [2.24, 2.45) is 0 Å². The molecule has 0 bridgehead atoms. The number of methoxy groups -OCH3 is 1. The SMILES string of the molecule is COc1cccc(C(=O)Nc2c(C(=O)N3CCCC3)oc3ccccc23)c1. The molecule has 138 valence electrons. The first-order valence-electron chi connectivity index (χ1n) is 8.93. The lowest BCUT2D eigenvalue weighted by atomic mass is 10.1. The number of hydrogen-bond donors (Lipinski definition) is 1. The molecule has 0 atom stereocenters. The summed E-state index contributed by atoms with van der Waals surface area (Å²) < 4.78 is 11.0. The molecule has 2 heterocycles. The Bertz CT molecular complexity index is 1000. The molecule has 0 spiro atoms. The number of hydrogen-bond acceptors (Lipinski definition) is 4. The van der Waals surface area contributed by atoms with Crippen LogP contribution in [0.1, 0.15) is 33.8 Å². The van der Waals surface area contributed by atoms with E-state index in [1.54, 1.807) is 42.3 Å². The number of benzene rings is 2. The molecule has 1 aliphatic heterocycles. The molecule has 1 aromatic heterocycles. The van der Waals surface area contributed by atoms with Gasteiger partial charge in [0.1, 0.15) is 17.0 Å². The van der Waals surface area contributed by atoms with Crippen LogP contribution in [0.25, 0.3) is 11.0 Å². The lowest BCUT2D eigenvalue weighted by molar-refractivity contribution is 0.0765. The molecule has 4 rings (SSSR count). The number of amides is 2. The quantitative estimate of drug-likeness (QED) is 0.761. The van der Waals surface area contributed by atoms with Crippen LogP contribution in [-0.2, 0) is 0 Å². The van der Waals surface area contributed by atoms with E-state index in [9.17, 15) is 9.59 Å². The third-order valence-electron chi connectivity index (χ3n) is 4.75. The molecular formula is C21H20N2O4. The first kappa shape index (κ1) is 17.1. The van der Waals surface area contributed by atoms with Gasteiger partial charge < -0.3 is 19.4 Å². The number of nitrogens with one attached hydrogen (secondary N) is 1. The van der Waals surface area contributed by atoms with Crippen LogP contribution in [0.5, 0.6) is 5.75 Å². The second kappa shape index (κ2) is 7.15. The van der Waals surface area contributed by atoms with Crippen molar-refractivity contribution in [2.45, 2.75) is 12.8 Å². The number of carbonyl (C=O) groups is 2. The molecule has 1 aliphatic rings. The monoisotopic (exact) mass is 364 g/mol. The van der Waals surface area contributed by atoms with Crippen LogP contribution >= 0.6 is 0 Å². The van der Waals surface area contributed by atoms with Crippen LogP contribution in [0.2, 0.25) is 0 Å². The second-order valence-electron chi connectivity index (χ2n) is 6.49. The van der Waals surface area contributed by atoms with E-state index in [0.29, 0.717) is 41.1 Å². The van der Waals surface area contributed by atoms with E-state index in [1.165, 1.54) is 0 Å². The summed E-state index contributed by atoms with van der Waals surface area (Å²) in [5.74, 6) is 0.253. The van der Waals surface area contributed by atoms with Crippen molar-refractivity contribution in [2.75, 3.05) is 25.5 Å². The van der Waals surface area contributed by atoms with E-state index in [1.807, 2.05) is 18.2 Å². The fraction of sp³-hybridized carbons (Fsp3) is 0.238. The fourth-order valence-corrected chi connectivity index (χ4v) is 3.33. The van der Waals surface area contributed by atoms with Gasteiger partial charge in [-0.3, -0.25) is 9.59 Å². The van der Waals surface area contributed by atoms with E-state index in [-0.39, 0.29) is 17.6 Å². The highest BCUT2D eigenvalue weighted by Gasteiger charge is 2.28. The van der Waals surface area contributed by atoms with Gasteiger partial charge in [-0.2, -0.15) is 0 Å². The molecule has 2 aromatic carbocycles. The Labute approximate surface area is 156 Å². The predicted molar refractivity (Wildman–Crippen MR) is 102 cm³/mol.